The van der Waals surface area contributed by atoms with E-state index in [1.54, 1.807) is 33.2 Å². The van der Waals surface area contributed by atoms with E-state index in [2.05, 4.69) is 15.6 Å². The number of benzene rings is 2. The fourth-order valence-corrected chi connectivity index (χ4v) is 2.59. The summed E-state index contributed by atoms with van der Waals surface area (Å²) < 4.78 is 5.17. The van der Waals surface area contributed by atoms with Gasteiger partial charge in [0.05, 0.1) is 7.11 Å². The molecule has 6 nitrogen and oxygen atoms in total. The number of carbonyl (C=O) groups excluding carboxylic acids is 1. The minimum Gasteiger partial charge on any atom is -0.497 e. The van der Waals surface area contributed by atoms with Crippen LogP contribution in [-0.2, 0) is 13.0 Å². The molecule has 2 aromatic rings. The Morgan fingerprint density at radius 3 is 2.39 bits per heavy atom. The summed E-state index contributed by atoms with van der Waals surface area (Å²) in [4.78, 5) is 17.9. The molecule has 0 bridgehead atoms. The number of guanidine groups is 1. The number of rotatable bonds is 7. The molecule has 2 N–H and O–H groups in total. The van der Waals surface area contributed by atoms with Crippen molar-refractivity contribution in [2.75, 3.05) is 34.8 Å². The number of nitrogens with zero attached hydrogens (tertiary/aromatic N) is 2. The van der Waals surface area contributed by atoms with E-state index >= 15 is 0 Å². The van der Waals surface area contributed by atoms with E-state index in [4.69, 9.17) is 4.74 Å². The maximum Gasteiger partial charge on any atom is 0.253 e. The summed E-state index contributed by atoms with van der Waals surface area (Å²) in [7, 11) is 6.93. The normalized spacial score (nSPS) is 10.6. The highest BCUT2D eigenvalue weighted by Gasteiger charge is 2.08. The van der Waals surface area contributed by atoms with Crippen molar-refractivity contribution in [1.82, 2.24) is 15.5 Å². The third kappa shape index (κ3) is 7.38. The molecular weight excluding hydrogens is 467 g/mol. The zero-order chi connectivity index (χ0) is 19.6. The minimum atomic E-state index is 0. The SMILES string of the molecule is CN=C(NCCc1cccc(C(=O)N(C)C)c1)NCc1ccc(OC)cc1.I. The Bertz CT molecular complexity index is 776. The van der Waals surface area contributed by atoms with Gasteiger partial charge in [0.2, 0.25) is 0 Å². The summed E-state index contributed by atoms with van der Waals surface area (Å²) in [6.45, 7) is 1.40. The Balaban J connectivity index is 0.00000392. The Kier molecular flexibility index (Phi) is 10.4. The molecule has 0 radical (unpaired) electrons. The molecule has 152 valence electrons. The van der Waals surface area contributed by atoms with Gasteiger partial charge in [-0.2, -0.15) is 0 Å². The van der Waals surface area contributed by atoms with Gasteiger partial charge < -0.3 is 20.3 Å². The molecule has 0 aromatic heterocycles. The Morgan fingerprint density at radius 1 is 1.07 bits per heavy atom. The number of hydrogen-bond donors (Lipinski definition) is 2. The average molecular weight is 496 g/mol. The van der Waals surface area contributed by atoms with Crippen LogP contribution < -0.4 is 15.4 Å². The van der Waals surface area contributed by atoms with E-state index in [1.165, 1.54) is 0 Å². The van der Waals surface area contributed by atoms with Gasteiger partial charge in [0.15, 0.2) is 5.96 Å². The lowest BCUT2D eigenvalue weighted by Crippen LogP contribution is -2.37. The molecule has 0 aliphatic rings. The van der Waals surface area contributed by atoms with E-state index in [1.807, 2.05) is 48.5 Å². The average Bonchev–Trinajstić information content (AvgIpc) is 2.70. The second-order valence-corrected chi connectivity index (χ2v) is 6.35. The number of aliphatic imine (C=N–C) groups is 1. The van der Waals surface area contributed by atoms with Gasteiger partial charge >= 0.3 is 0 Å². The fourth-order valence-electron chi connectivity index (χ4n) is 2.59. The first-order valence-corrected chi connectivity index (χ1v) is 8.91. The summed E-state index contributed by atoms with van der Waals surface area (Å²) in [5, 5.41) is 6.59. The predicted octanol–water partition coefficient (Wildman–Crippen LogP) is 2.92. The number of methoxy groups -OCH3 is 1. The summed E-state index contributed by atoms with van der Waals surface area (Å²) in [6, 6.07) is 15.7. The Labute approximate surface area is 184 Å². The number of amides is 1. The van der Waals surface area contributed by atoms with Crippen molar-refractivity contribution >= 4 is 35.8 Å². The molecule has 0 atom stereocenters. The van der Waals surface area contributed by atoms with E-state index in [9.17, 15) is 4.79 Å². The highest BCUT2D eigenvalue weighted by molar-refractivity contribution is 14.0. The molecule has 0 heterocycles. The predicted molar refractivity (Wildman–Crippen MR) is 125 cm³/mol. The van der Waals surface area contributed by atoms with Crippen LogP contribution in [0.2, 0.25) is 0 Å². The summed E-state index contributed by atoms with van der Waals surface area (Å²) in [6.07, 6.45) is 0.803. The van der Waals surface area contributed by atoms with Crippen LogP contribution in [0.25, 0.3) is 0 Å². The summed E-state index contributed by atoms with van der Waals surface area (Å²) >= 11 is 0. The van der Waals surface area contributed by atoms with Gasteiger partial charge in [0, 0.05) is 39.8 Å². The standard InChI is InChI=1S/C21H28N4O2.HI/c1-22-21(24-15-17-8-10-19(27-4)11-9-17)23-13-12-16-6-5-7-18(14-16)20(26)25(2)3;/h5-11,14H,12-13,15H2,1-4H3,(H2,22,23,24);1H. The number of hydrogen-bond acceptors (Lipinski definition) is 3. The maximum absolute atomic E-state index is 12.1. The van der Waals surface area contributed by atoms with Gasteiger partial charge in [-0.05, 0) is 41.8 Å². The lowest BCUT2D eigenvalue weighted by Gasteiger charge is -2.13. The molecule has 28 heavy (non-hydrogen) atoms. The van der Waals surface area contributed by atoms with Gasteiger partial charge in [-0.1, -0.05) is 24.3 Å². The lowest BCUT2D eigenvalue weighted by atomic mass is 10.1. The molecule has 0 saturated heterocycles. The Morgan fingerprint density at radius 2 is 1.79 bits per heavy atom. The quantitative estimate of drug-likeness (QED) is 0.352. The van der Waals surface area contributed by atoms with Crippen LogP contribution in [0.1, 0.15) is 21.5 Å². The van der Waals surface area contributed by atoms with Crippen molar-refractivity contribution in [1.29, 1.82) is 0 Å². The molecule has 2 rings (SSSR count). The van der Waals surface area contributed by atoms with E-state index < -0.39 is 0 Å². The van der Waals surface area contributed by atoms with Gasteiger partial charge in [-0.15, -0.1) is 24.0 Å². The molecule has 0 aliphatic heterocycles. The van der Waals surface area contributed by atoms with Crippen LogP contribution in [-0.4, -0.2) is 51.6 Å². The second-order valence-electron chi connectivity index (χ2n) is 6.35. The molecule has 0 unspecified atom stereocenters. The smallest absolute Gasteiger partial charge is 0.253 e. The number of carbonyl (C=O) groups is 1. The third-order valence-electron chi connectivity index (χ3n) is 4.13. The molecule has 0 fully saturated rings. The molecular formula is C21H29IN4O2. The largest absolute Gasteiger partial charge is 0.497 e. The number of nitrogens with one attached hydrogen (secondary N) is 2. The van der Waals surface area contributed by atoms with Gasteiger partial charge in [0.25, 0.3) is 5.91 Å². The third-order valence-corrected chi connectivity index (χ3v) is 4.13. The van der Waals surface area contributed by atoms with Crippen LogP contribution >= 0.6 is 24.0 Å². The first kappa shape index (κ1) is 23.7. The van der Waals surface area contributed by atoms with Crippen molar-refractivity contribution in [3.05, 3.63) is 65.2 Å². The number of ether oxygens (including phenoxy) is 1. The lowest BCUT2D eigenvalue weighted by molar-refractivity contribution is 0.0827. The van der Waals surface area contributed by atoms with E-state index in [0.29, 0.717) is 12.1 Å². The van der Waals surface area contributed by atoms with Crippen LogP contribution in [0.3, 0.4) is 0 Å². The summed E-state index contributed by atoms with van der Waals surface area (Å²) in [5.41, 5.74) is 2.97. The first-order chi connectivity index (χ1) is 13.0. The van der Waals surface area contributed by atoms with Gasteiger partial charge in [-0.3, -0.25) is 9.79 Å². The van der Waals surface area contributed by atoms with E-state index in [0.717, 1.165) is 35.8 Å². The van der Waals surface area contributed by atoms with Crippen molar-refractivity contribution in [3.8, 4) is 5.75 Å². The van der Waals surface area contributed by atoms with Crippen molar-refractivity contribution in [3.63, 3.8) is 0 Å². The number of halogens is 1. The molecule has 2 aromatic carbocycles. The van der Waals surface area contributed by atoms with Crippen molar-refractivity contribution in [2.45, 2.75) is 13.0 Å². The highest BCUT2D eigenvalue weighted by atomic mass is 127. The van der Waals surface area contributed by atoms with E-state index in [-0.39, 0.29) is 29.9 Å². The van der Waals surface area contributed by atoms with Gasteiger partial charge in [-0.25, -0.2) is 0 Å². The van der Waals surface area contributed by atoms with Crippen LogP contribution in [0.5, 0.6) is 5.75 Å². The zero-order valence-electron chi connectivity index (χ0n) is 16.9. The monoisotopic (exact) mass is 496 g/mol. The highest BCUT2D eigenvalue weighted by Crippen LogP contribution is 2.11. The van der Waals surface area contributed by atoms with Crippen LogP contribution in [0, 0.1) is 0 Å². The van der Waals surface area contributed by atoms with Crippen LogP contribution in [0.4, 0.5) is 0 Å². The minimum absolute atomic E-state index is 0. The van der Waals surface area contributed by atoms with Gasteiger partial charge in [0.1, 0.15) is 5.75 Å². The molecule has 7 heteroatoms. The molecule has 1 amide bonds. The molecule has 0 aliphatic carbocycles. The topological polar surface area (TPSA) is 66.0 Å². The Hall–Kier alpha value is -2.29. The molecule has 0 saturated carbocycles. The maximum atomic E-state index is 12.1. The molecule has 0 spiro atoms. The first-order valence-electron chi connectivity index (χ1n) is 8.91. The zero-order valence-corrected chi connectivity index (χ0v) is 19.2. The van der Waals surface area contributed by atoms with Crippen molar-refractivity contribution < 1.29 is 9.53 Å². The summed E-state index contributed by atoms with van der Waals surface area (Å²) in [5.74, 6) is 1.60. The second kappa shape index (κ2) is 12.2. The fraction of sp³-hybridized carbons (Fsp3) is 0.333. The van der Waals surface area contributed by atoms with Crippen molar-refractivity contribution in [2.24, 2.45) is 4.99 Å². The van der Waals surface area contributed by atoms with Crippen LogP contribution in [0.15, 0.2) is 53.5 Å².